The van der Waals surface area contributed by atoms with Crippen LogP contribution in [0.3, 0.4) is 0 Å². The fourth-order valence-corrected chi connectivity index (χ4v) is 5.82. The molecule has 118 valence electrons. The van der Waals surface area contributed by atoms with E-state index in [4.69, 9.17) is 5.11 Å². The maximum atomic E-state index is 12.5. The van der Waals surface area contributed by atoms with Gasteiger partial charge in [0.15, 0.2) is 0 Å². The summed E-state index contributed by atoms with van der Waals surface area (Å²) in [4.78, 5) is 11.0. The number of thiophene rings is 1. The van der Waals surface area contributed by atoms with Crippen molar-refractivity contribution in [3.8, 4) is 0 Å². The largest absolute Gasteiger partial charge is 0.477 e. The molecule has 1 fully saturated rings. The van der Waals surface area contributed by atoms with Gasteiger partial charge in [0, 0.05) is 6.04 Å². The molecular formula is C14H21NO4S2. The van der Waals surface area contributed by atoms with Crippen molar-refractivity contribution in [2.24, 2.45) is 5.92 Å². The number of carboxylic acid groups (broad SMARTS) is 1. The van der Waals surface area contributed by atoms with Crippen LogP contribution in [0.2, 0.25) is 0 Å². The summed E-state index contributed by atoms with van der Waals surface area (Å²) in [6.07, 6.45) is 4.83. The number of hydrogen-bond donors (Lipinski definition) is 2. The highest BCUT2D eigenvalue weighted by atomic mass is 32.2. The molecule has 2 N–H and O–H groups in total. The number of aryl methyl sites for hydroxylation is 1. The van der Waals surface area contributed by atoms with Crippen LogP contribution in [0.15, 0.2) is 10.3 Å². The van der Waals surface area contributed by atoms with Crippen LogP contribution in [-0.4, -0.2) is 25.5 Å². The van der Waals surface area contributed by atoms with Crippen molar-refractivity contribution in [3.63, 3.8) is 0 Å². The van der Waals surface area contributed by atoms with E-state index in [1.165, 1.54) is 0 Å². The summed E-state index contributed by atoms with van der Waals surface area (Å²) in [5.74, 6) is -0.508. The summed E-state index contributed by atoms with van der Waals surface area (Å²) in [5.41, 5.74) is 0.493. The van der Waals surface area contributed by atoms with E-state index in [1.54, 1.807) is 12.3 Å². The van der Waals surface area contributed by atoms with Gasteiger partial charge in [0.25, 0.3) is 0 Å². The van der Waals surface area contributed by atoms with E-state index in [9.17, 15) is 13.2 Å². The first kappa shape index (κ1) is 16.5. The Labute approximate surface area is 129 Å². The zero-order chi connectivity index (χ0) is 15.6. The summed E-state index contributed by atoms with van der Waals surface area (Å²) < 4.78 is 27.7. The molecule has 0 radical (unpaired) electrons. The first-order chi connectivity index (χ1) is 9.85. The van der Waals surface area contributed by atoms with Crippen LogP contribution in [-0.2, 0) is 10.0 Å². The molecule has 0 saturated heterocycles. The molecule has 0 bridgehead atoms. The molecule has 0 aliphatic heterocycles. The molecule has 7 heteroatoms. The van der Waals surface area contributed by atoms with Crippen molar-refractivity contribution >= 4 is 27.3 Å². The average Bonchev–Trinajstić information content (AvgIpc) is 2.82. The molecule has 0 unspecified atom stereocenters. The van der Waals surface area contributed by atoms with Crippen LogP contribution in [0, 0.1) is 12.8 Å². The number of carbonyl (C=O) groups is 1. The topological polar surface area (TPSA) is 83.5 Å². The van der Waals surface area contributed by atoms with E-state index in [1.807, 2.05) is 0 Å². The van der Waals surface area contributed by atoms with Gasteiger partial charge in [-0.05, 0) is 49.5 Å². The molecule has 1 heterocycles. The van der Waals surface area contributed by atoms with E-state index in [2.05, 4.69) is 11.6 Å². The third kappa shape index (κ3) is 3.64. The standard InChI is InChI=1S/C14H21NO4S2/c1-3-10-4-6-11(7-5-10)15-21(18,19)13-9(2)8-20-12(13)14(16)17/h8,10-11,15H,3-7H2,1-2H3,(H,16,17). The summed E-state index contributed by atoms with van der Waals surface area (Å²) in [7, 11) is -3.77. The Hall–Kier alpha value is -0.920. The van der Waals surface area contributed by atoms with Gasteiger partial charge in [-0.3, -0.25) is 0 Å². The summed E-state index contributed by atoms with van der Waals surface area (Å²) in [5, 5.41) is 10.7. The van der Waals surface area contributed by atoms with Gasteiger partial charge in [0.1, 0.15) is 9.77 Å². The number of hydrogen-bond acceptors (Lipinski definition) is 4. The zero-order valence-corrected chi connectivity index (χ0v) is 13.9. The van der Waals surface area contributed by atoms with Crippen LogP contribution in [0.1, 0.15) is 54.3 Å². The number of nitrogens with one attached hydrogen (secondary N) is 1. The number of rotatable bonds is 5. The van der Waals surface area contributed by atoms with Gasteiger partial charge in [-0.2, -0.15) is 0 Å². The lowest BCUT2D eigenvalue weighted by molar-refractivity contribution is 0.0698. The van der Waals surface area contributed by atoms with E-state index in [0.29, 0.717) is 11.5 Å². The molecule has 0 spiro atoms. The summed E-state index contributed by atoms with van der Waals surface area (Å²) in [6.45, 7) is 3.79. The molecule has 1 aromatic rings. The third-order valence-corrected chi connectivity index (χ3v) is 7.05. The van der Waals surface area contributed by atoms with Gasteiger partial charge in [0.2, 0.25) is 10.0 Å². The highest BCUT2D eigenvalue weighted by molar-refractivity contribution is 7.89. The minimum Gasteiger partial charge on any atom is -0.477 e. The van der Waals surface area contributed by atoms with Crippen LogP contribution >= 0.6 is 11.3 Å². The molecule has 1 aromatic heterocycles. The van der Waals surface area contributed by atoms with Gasteiger partial charge < -0.3 is 5.11 Å². The Morgan fingerprint density at radius 3 is 2.52 bits per heavy atom. The van der Waals surface area contributed by atoms with Gasteiger partial charge in [-0.1, -0.05) is 13.3 Å². The van der Waals surface area contributed by atoms with Crippen molar-refractivity contribution in [1.29, 1.82) is 0 Å². The second kappa shape index (κ2) is 6.46. The Morgan fingerprint density at radius 2 is 2.00 bits per heavy atom. The number of carboxylic acids is 1. The van der Waals surface area contributed by atoms with E-state index >= 15 is 0 Å². The molecule has 1 saturated carbocycles. The van der Waals surface area contributed by atoms with Crippen LogP contribution in [0.5, 0.6) is 0 Å². The maximum absolute atomic E-state index is 12.5. The van der Waals surface area contributed by atoms with Crippen molar-refractivity contribution in [2.75, 3.05) is 0 Å². The van der Waals surface area contributed by atoms with Gasteiger partial charge >= 0.3 is 5.97 Å². The first-order valence-electron chi connectivity index (χ1n) is 7.18. The SMILES string of the molecule is CCC1CCC(NS(=O)(=O)c2c(C)csc2C(=O)O)CC1. The van der Waals surface area contributed by atoms with Crippen molar-refractivity contribution in [2.45, 2.75) is 56.9 Å². The molecule has 5 nitrogen and oxygen atoms in total. The van der Waals surface area contributed by atoms with Gasteiger partial charge in [-0.25, -0.2) is 17.9 Å². The van der Waals surface area contributed by atoms with E-state index in [-0.39, 0.29) is 15.8 Å². The van der Waals surface area contributed by atoms with E-state index < -0.39 is 16.0 Å². The predicted octanol–water partition coefficient (Wildman–Crippen LogP) is 3.00. The molecule has 21 heavy (non-hydrogen) atoms. The normalized spacial score (nSPS) is 23.1. The molecule has 1 aliphatic rings. The number of sulfonamides is 1. The van der Waals surface area contributed by atoms with Crippen molar-refractivity contribution in [1.82, 2.24) is 4.72 Å². The predicted molar refractivity (Wildman–Crippen MR) is 82.4 cm³/mol. The average molecular weight is 331 g/mol. The fraction of sp³-hybridized carbons (Fsp3) is 0.643. The van der Waals surface area contributed by atoms with Gasteiger partial charge in [-0.15, -0.1) is 11.3 Å². The Morgan fingerprint density at radius 1 is 1.38 bits per heavy atom. The molecule has 1 aliphatic carbocycles. The Balaban J connectivity index is 2.16. The smallest absolute Gasteiger partial charge is 0.347 e. The fourth-order valence-electron chi connectivity index (χ4n) is 2.88. The van der Waals surface area contributed by atoms with Crippen LogP contribution < -0.4 is 4.72 Å². The Kier molecular flexibility index (Phi) is 5.06. The van der Waals surface area contributed by atoms with Crippen molar-refractivity contribution < 1.29 is 18.3 Å². The van der Waals surface area contributed by atoms with Gasteiger partial charge in [0.05, 0.1) is 0 Å². The van der Waals surface area contributed by atoms with Crippen molar-refractivity contribution in [3.05, 3.63) is 15.8 Å². The molecule has 0 aromatic carbocycles. The summed E-state index contributed by atoms with van der Waals surface area (Å²) >= 11 is 0.958. The highest BCUT2D eigenvalue weighted by Crippen LogP contribution is 2.30. The third-order valence-electron chi connectivity index (χ3n) is 4.13. The first-order valence-corrected chi connectivity index (χ1v) is 9.55. The molecule has 0 amide bonds. The molecule has 2 rings (SSSR count). The second-order valence-corrected chi connectivity index (χ2v) is 8.16. The lowest BCUT2D eigenvalue weighted by atomic mass is 9.85. The maximum Gasteiger partial charge on any atom is 0.347 e. The quantitative estimate of drug-likeness (QED) is 0.869. The Bertz CT molecular complexity index is 613. The second-order valence-electron chi connectivity index (χ2n) is 5.63. The summed E-state index contributed by atoms with van der Waals surface area (Å²) in [6, 6.07) is -0.0845. The minimum atomic E-state index is -3.77. The minimum absolute atomic E-state index is 0.0717. The van der Waals surface area contributed by atoms with Crippen LogP contribution in [0.25, 0.3) is 0 Å². The monoisotopic (exact) mass is 331 g/mol. The lowest BCUT2D eigenvalue weighted by Gasteiger charge is -2.28. The molecular weight excluding hydrogens is 310 g/mol. The van der Waals surface area contributed by atoms with Crippen LogP contribution in [0.4, 0.5) is 0 Å². The molecule has 0 atom stereocenters. The highest BCUT2D eigenvalue weighted by Gasteiger charge is 2.30. The lowest BCUT2D eigenvalue weighted by Crippen LogP contribution is -2.38. The zero-order valence-electron chi connectivity index (χ0n) is 12.3. The van der Waals surface area contributed by atoms with E-state index in [0.717, 1.165) is 43.4 Å². The number of aromatic carboxylic acids is 1.